The number of halogens is 3. The van der Waals surface area contributed by atoms with Crippen LogP contribution in [0.25, 0.3) is 0 Å². The smallest absolute Gasteiger partial charge is 0.380 e. The van der Waals surface area contributed by atoms with E-state index in [0.717, 1.165) is 44.0 Å². The number of hydrogen-bond donors (Lipinski definition) is 1. The van der Waals surface area contributed by atoms with Crippen molar-refractivity contribution < 1.29 is 23.1 Å². The van der Waals surface area contributed by atoms with Crippen molar-refractivity contribution in [1.82, 2.24) is 0 Å². The topological polar surface area (TPSA) is 37.3 Å². The number of allylic oxidation sites excluding steroid dienone is 2. The van der Waals surface area contributed by atoms with Gasteiger partial charge in [-0.2, -0.15) is 13.2 Å². The quantitative estimate of drug-likeness (QED) is 0.655. The number of carbonyl (C=O) groups excluding carboxylic acids is 1. The van der Waals surface area contributed by atoms with Crippen LogP contribution in [0.5, 0.6) is 0 Å². The van der Waals surface area contributed by atoms with E-state index in [1.807, 2.05) is 0 Å². The number of aliphatic hydroxyl groups is 1. The van der Waals surface area contributed by atoms with Crippen LogP contribution in [0.3, 0.4) is 0 Å². The van der Waals surface area contributed by atoms with E-state index in [4.69, 9.17) is 0 Å². The summed E-state index contributed by atoms with van der Waals surface area (Å²) in [6.45, 7) is 3.94. The van der Waals surface area contributed by atoms with Crippen LogP contribution in [0.1, 0.15) is 65.2 Å². The molecule has 3 saturated carbocycles. The first-order chi connectivity index (χ1) is 12.1. The Balaban J connectivity index is 1.67. The maximum absolute atomic E-state index is 13.7. The Morgan fingerprint density at radius 2 is 1.81 bits per heavy atom. The van der Waals surface area contributed by atoms with Gasteiger partial charge in [0.15, 0.2) is 5.60 Å². The zero-order valence-corrected chi connectivity index (χ0v) is 15.6. The molecule has 3 fully saturated rings. The molecular weight excluding hydrogens is 341 g/mol. The molecule has 0 aliphatic heterocycles. The molecule has 0 aromatic heterocycles. The lowest BCUT2D eigenvalue weighted by Crippen LogP contribution is -2.60. The first-order valence-corrected chi connectivity index (χ1v) is 10.0. The van der Waals surface area contributed by atoms with Crippen molar-refractivity contribution in [3.63, 3.8) is 0 Å². The molecule has 26 heavy (non-hydrogen) atoms. The number of fused-ring (bicyclic) bond motifs is 5. The summed E-state index contributed by atoms with van der Waals surface area (Å²) < 4.78 is 41.2. The predicted octanol–water partition coefficient (Wildman–Crippen LogP) is 5.06. The van der Waals surface area contributed by atoms with Gasteiger partial charge in [-0.05, 0) is 86.0 Å². The van der Waals surface area contributed by atoms with Gasteiger partial charge in [0, 0.05) is 5.41 Å². The minimum atomic E-state index is -4.57. The second-order valence-corrected chi connectivity index (χ2v) is 9.82. The minimum Gasteiger partial charge on any atom is -0.380 e. The van der Waals surface area contributed by atoms with Crippen LogP contribution in [0, 0.1) is 34.5 Å². The van der Waals surface area contributed by atoms with E-state index in [0.29, 0.717) is 24.7 Å². The maximum Gasteiger partial charge on any atom is 0.417 e. The van der Waals surface area contributed by atoms with Crippen LogP contribution in [0.4, 0.5) is 13.2 Å². The van der Waals surface area contributed by atoms with E-state index in [1.165, 1.54) is 0 Å². The second kappa shape index (κ2) is 5.59. The van der Waals surface area contributed by atoms with Gasteiger partial charge in [0.05, 0.1) is 0 Å². The highest BCUT2D eigenvalue weighted by Crippen LogP contribution is 2.70. The number of hydrogen-bond acceptors (Lipinski definition) is 2. The molecule has 3 unspecified atom stereocenters. The van der Waals surface area contributed by atoms with Crippen molar-refractivity contribution in [2.45, 2.75) is 77.0 Å². The third-order valence-electron chi connectivity index (χ3n) is 9.09. The zero-order valence-electron chi connectivity index (χ0n) is 15.6. The Labute approximate surface area is 153 Å². The number of rotatable bonds is 1. The molecule has 0 amide bonds. The molecule has 0 aromatic rings. The molecule has 0 heterocycles. The van der Waals surface area contributed by atoms with Crippen molar-refractivity contribution >= 4 is 6.29 Å². The summed E-state index contributed by atoms with van der Waals surface area (Å²) in [5.74, 6) is 1.05. The standard InChI is InChI=1S/C21H29F3O2/c1-18-11-13(12-25)3-4-14(18)5-6-15-16(18)7-9-19(2)17(15)8-10-20(19,26)21(22,23)24/h3,12,14-17,26H,4-11H2,1-2H3/t14-,15?,16?,17?,18-,19-,20-/m0/s1. The highest BCUT2D eigenvalue weighted by Gasteiger charge is 2.72. The Kier molecular flexibility index (Phi) is 3.98. The maximum atomic E-state index is 13.7. The van der Waals surface area contributed by atoms with Crippen molar-refractivity contribution in [3.05, 3.63) is 11.6 Å². The molecule has 0 spiro atoms. The SMILES string of the molecule is C[C@]12CCC3C(CC[C@@H]4CC=C(C=O)C[C@]34C)C1CC[C@@]2(O)C(F)(F)F. The molecule has 0 saturated heterocycles. The molecule has 4 rings (SSSR count). The summed E-state index contributed by atoms with van der Waals surface area (Å²) in [6, 6.07) is 0. The Morgan fingerprint density at radius 3 is 2.46 bits per heavy atom. The van der Waals surface area contributed by atoms with Crippen LogP contribution in [0.2, 0.25) is 0 Å². The molecule has 4 aliphatic carbocycles. The number of alkyl halides is 3. The number of carbonyl (C=O) groups is 1. The fraction of sp³-hybridized carbons (Fsp3) is 0.857. The minimum absolute atomic E-state index is 0.00811. The fourth-order valence-corrected chi connectivity index (χ4v) is 7.57. The van der Waals surface area contributed by atoms with Gasteiger partial charge >= 0.3 is 6.18 Å². The molecule has 5 heteroatoms. The van der Waals surface area contributed by atoms with E-state index in [9.17, 15) is 23.1 Å². The van der Waals surface area contributed by atoms with Crippen molar-refractivity contribution in [2.24, 2.45) is 34.5 Å². The van der Waals surface area contributed by atoms with Gasteiger partial charge in [-0.25, -0.2) is 0 Å². The fourth-order valence-electron chi connectivity index (χ4n) is 7.57. The lowest BCUT2D eigenvalue weighted by molar-refractivity contribution is -0.304. The van der Waals surface area contributed by atoms with Gasteiger partial charge in [0.1, 0.15) is 6.29 Å². The van der Waals surface area contributed by atoms with Gasteiger partial charge in [-0.1, -0.05) is 19.9 Å². The summed E-state index contributed by atoms with van der Waals surface area (Å²) in [7, 11) is 0. The summed E-state index contributed by atoms with van der Waals surface area (Å²) in [5, 5.41) is 10.7. The first kappa shape index (κ1) is 18.5. The Bertz CT molecular complexity index is 642. The highest BCUT2D eigenvalue weighted by molar-refractivity contribution is 5.73. The average Bonchev–Trinajstić information content (AvgIpc) is 2.86. The molecule has 7 atom stereocenters. The molecule has 2 nitrogen and oxygen atoms in total. The molecule has 0 radical (unpaired) electrons. The molecule has 0 bridgehead atoms. The summed E-state index contributed by atoms with van der Waals surface area (Å²) >= 11 is 0. The van der Waals surface area contributed by atoms with Gasteiger partial charge in [-0.3, -0.25) is 4.79 Å². The van der Waals surface area contributed by atoms with Crippen LogP contribution >= 0.6 is 0 Å². The Hall–Kier alpha value is -0.840. The first-order valence-electron chi connectivity index (χ1n) is 10.0. The van der Waals surface area contributed by atoms with Crippen LogP contribution in [0.15, 0.2) is 11.6 Å². The number of aldehydes is 1. The normalized spacial score (nSPS) is 51.1. The van der Waals surface area contributed by atoms with Crippen LogP contribution in [-0.2, 0) is 4.79 Å². The summed E-state index contributed by atoms with van der Waals surface area (Å²) in [5.41, 5.74) is -2.76. The van der Waals surface area contributed by atoms with Crippen LogP contribution < -0.4 is 0 Å². The van der Waals surface area contributed by atoms with Gasteiger partial charge in [0.2, 0.25) is 0 Å². The largest absolute Gasteiger partial charge is 0.417 e. The van der Waals surface area contributed by atoms with E-state index in [2.05, 4.69) is 13.0 Å². The summed E-state index contributed by atoms with van der Waals surface area (Å²) in [6.07, 6.45) is 3.57. The monoisotopic (exact) mass is 370 g/mol. The van der Waals surface area contributed by atoms with Gasteiger partial charge in [0.25, 0.3) is 0 Å². The van der Waals surface area contributed by atoms with E-state index < -0.39 is 17.2 Å². The van der Waals surface area contributed by atoms with E-state index in [-0.39, 0.29) is 23.7 Å². The molecule has 1 N–H and O–H groups in total. The van der Waals surface area contributed by atoms with E-state index in [1.54, 1.807) is 6.92 Å². The zero-order chi connectivity index (χ0) is 19.0. The molecule has 4 aliphatic rings. The van der Waals surface area contributed by atoms with E-state index >= 15 is 0 Å². The predicted molar refractivity (Wildman–Crippen MR) is 92.3 cm³/mol. The van der Waals surface area contributed by atoms with Crippen molar-refractivity contribution in [1.29, 1.82) is 0 Å². The van der Waals surface area contributed by atoms with Gasteiger partial charge in [-0.15, -0.1) is 0 Å². The van der Waals surface area contributed by atoms with Crippen LogP contribution in [-0.4, -0.2) is 23.2 Å². The average molecular weight is 370 g/mol. The third kappa shape index (κ3) is 2.18. The molecular formula is C21H29F3O2. The lowest BCUT2D eigenvalue weighted by Gasteiger charge is -2.60. The van der Waals surface area contributed by atoms with Gasteiger partial charge < -0.3 is 5.11 Å². The summed E-state index contributed by atoms with van der Waals surface area (Å²) in [4.78, 5) is 11.3. The molecule has 0 aromatic carbocycles. The third-order valence-corrected chi connectivity index (χ3v) is 9.09. The lowest BCUT2D eigenvalue weighted by atomic mass is 9.44. The highest BCUT2D eigenvalue weighted by atomic mass is 19.4. The second-order valence-electron chi connectivity index (χ2n) is 9.82. The Morgan fingerprint density at radius 1 is 1.12 bits per heavy atom. The van der Waals surface area contributed by atoms with Crippen molar-refractivity contribution in [3.8, 4) is 0 Å². The molecule has 146 valence electrons. The van der Waals surface area contributed by atoms with Crippen molar-refractivity contribution in [2.75, 3.05) is 0 Å².